The van der Waals surface area contributed by atoms with Gasteiger partial charge in [0.05, 0.1) is 22.0 Å². The molecule has 1 saturated carbocycles. The number of carboxylic acid groups (broad SMARTS) is 2. The highest BCUT2D eigenvalue weighted by Crippen LogP contribution is 2.33. The fourth-order valence-corrected chi connectivity index (χ4v) is 6.71. The summed E-state index contributed by atoms with van der Waals surface area (Å²) in [6.45, 7) is 3.60. The number of carbonyl (C=O) groups is 3. The third kappa shape index (κ3) is 13.1. The van der Waals surface area contributed by atoms with Gasteiger partial charge in [-0.3, -0.25) is 19.6 Å². The van der Waals surface area contributed by atoms with Gasteiger partial charge in [-0.15, -0.1) is 0 Å². The van der Waals surface area contributed by atoms with Gasteiger partial charge in [0.15, 0.2) is 15.7 Å². The first-order valence-corrected chi connectivity index (χ1v) is 17.2. The number of aliphatic carboxylic acids is 2. The molecule has 54 heavy (non-hydrogen) atoms. The minimum absolute atomic E-state index is 0.0493. The molecule has 0 atom stereocenters. The molecular formula is C32H37F6N7O8S. The standard InChI is InChI=1S/C28H35N7O4S.2C2HF3O2/c1-17(2)34-27-28(37)35(16-25(36)32-14-18-7-9-19(10-8-18)26(30)31)24(15-33-27)20-11-21(29)13-23(12-20)40(38,39)22-5-3-4-6-22;2*3-2(4,5)1(6)7/h7-13,15,17,22H,3-6,14,16,29H2,1-2H3,(H3,30,31)(H,32,36)(H,33,34);2*(H,6,7). The molecule has 1 aliphatic carbocycles. The van der Waals surface area contributed by atoms with E-state index in [1.165, 1.54) is 22.9 Å². The number of carboxylic acids is 2. The number of anilines is 2. The van der Waals surface area contributed by atoms with Crippen molar-refractivity contribution in [3.8, 4) is 11.3 Å². The number of nitrogens with two attached hydrogens (primary N) is 2. The number of sulfone groups is 1. The van der Waals surface area contributed by atoms with Gasteiger partial charge in [0.2, 0.25) is 5.91 Å². The molecule has 2 aromatic carbocycles. The summed E-state index contributed by atoms with van der Waals surface area (Å²) in [5.74, 6) is -5.91. The lowest BCUT2D eigenvalue weighted by atomic mass is 10.1. The minimum Gasteiger partial charge on any atom is -0.475 e. The molecule has 0 bridgehead atoms. The largest absolute Gasteiger partial charge is 0.490 e. The molecule has 1 aromatic heterocycles. The van der Waals surface area contributed by atoms with Crippen LogP contribution in [0.4, 0.5) is 37.8 Å². The predicted molar refractivity (Wildman–Crippen MR) is 183 cm³/mol. The van der Waals surface area contributed by atoms with Crippen LogP contribution < -0.4 is 27.7 Å². The van der Waals surface area contributed by atoms with E-state index in [0.717, 1.165) is 18.4 Å². The number of amides is 1. The summed E-state index contributed by atoms with van der Waals surface area (Å²) in [7, 11) is -3.61. The van der Waals surface area contributed by atoms with Crippen molar-refractivity contribution in [2.24, 2.45) is 5.73 Å². The molecule has 296 valence electrons. The number of hydrogen-bond donors (Lipinski definition) is 7. The maximum atomic E-state index is 13.5. The Balaban J connectivity index is 0.000000610. The van der Waals surface area contributed by atoms with E-state index in [4.69, 9.17) is 36.7 Å². The molecule has 0 radical (unpaired) electrons. The van der Waals surface area contributed by atoms with Gasteiger partial charge in [-0.1, -0.05) is 37.1 Å². The first-order valence-electron chi connectivity index (χ1n) is 15.7. The number of nitrogens with zero attached hydrogens (tertiary/aromatic N) is 2. The molecule has 0 saturated heterocycles. The first-order chi connectivity index (χ1) is 24.8. The fourth-order valence-electron chi connectivity index (χ4n) is 4.78. The van der Waals surface area contributed by atoms with Crippen LogP contribution in [0.2, 0.25) is 0 Å². The van der Waals surface area contributed by atoms with E-state index in [1.807, 2.05) is 13.8 Å². The number of aromatic nitrogens is 2. The Morgan fingerprint density at radius 2 is 1.50 bits per heavy atom. The van der Waals surface area contributed by atoms with E-state index in [9.17, 15) is 44.3 Å². The monoisotopic (exact) mass is 793 g/mol. The molecule has 4 rings (SSSR count). The third-order valence-corrected chi connectivity index (χ3v) is 9.56. The molecule has 1 amide bonds. The van der Waals surface area contributed by atoms with Crippen LogP contribution in [-0.4, -0.2) is 75.5 Å². The van der Waals surface area contributed by atoms with Crippen LogP contribution in [0.1, 0.15) is 50.7 Å². The molecule has 1 heterocycles. The Labute approximate surface area is 303 Å². The number of alkyl halides is 6. The molecule has 1 aliphatic rings. The van der Waals surface area contributed by atoms with Crippen LogP contribution in [0, 0.1) is 5.41 Å². The van der Waals surface area contributed by atoms with Crippen LogP contribution in [-0.2, 0) is 37.3 Å². The molecular weight excluding hydrogens is 756 g/mol. The zero-order valence-corrected chi connectivity index (χ0v) is 29.4. The summed E-state index contributed by atoms with van der Waals surface area (Å²) >= 11 is 0. The normalized spacial score (nSPS) is 13.2. The van der Waals surface area contributed by atoms with Crippen molar-refractivity contribution in [3.63, 3.8) is 0 Å². The van der Waals surface area contributed by atoms with Crippen molar-refractivity contribution in [3.05, 3.63) is 70.1 Å². The average molecular weight is 794 g/mol. The number of amidine groups is 1. The van der Waals surface area contributed by atoms with Crippen molar-refractivity contribution in [2.75, 3.05) is 11.1 Å². The second kappa shape index (κ2) is 18.4. The van der Waals surface area contributed by atoms with E-state index >= 15 is 0 Å². The lowest BCUT2D eigenvalue weighted by molar-refractivity contribution is -0.193. The van der Waals surface area contributed by atoms with Gasteiger partial charge >= 0.3 is 24.3 Å². The SMILES string of the molecule is CC(C)Nc1ncc(-c2cc(N)cc(S(=O)(=O)C3CCCC3)c2)n(CC(=O)NCc2ccc(C(=N)N)cc2)c1=O.O=C(O)C(F)(F)F.O=C(O)C(F)(F)F. The van der Waals surface area contributed by atoms with Crippen molar-refractivity contribution in [1.29, 1.82) is 5.41 Å². The van der Waals surface area contributed by atoms with Crippen LogP contribution in [0.15, 0.2) is 58.4 Å². The summed E-state index contributed by atoms with van der Waals surface area (Å²) in [4.78, 5) is 48.6. The van der Waals surface area contributed by atoms with Gasteiger partial charge in [-0.05, 0) is 50.5 Å². The van der Waals surface area contributed by atoms with Crippen LogP contribution in [0.25, 0.3) is 11.3 Å². The predicted octanol–water partition coefficient (Wildman–Crippen LogP) is 3.90. The van der Waals surface area contributed by atoms with Crippen molar-refractivity contribution < 1.29 is 59.4 Å². The molecule has 9 N–H and O–H groups in total. The molecule has 3 aromatic rings. The summed E-state index contributed by atoms with van der Waals surface area (Å²) in [5, 5.41) is 27.1. The highest BCUT2D eigenvalue weighted by Gasteiger charge is 2.39. The zero-order valence-electron chi connectivity index (χ0n) is 28.6. The summed E-state index contributed by atoms with van der Waals surface area (Å²) in [6.07, 6.45) is -5.79. The average Bonchev–Trinajstić information content (AvgIpc) is 3.61. The lowest BCUT2D eigenvalue weighted by Crippen LogP contribution is -2.35. The third-order valence-electron chi connectivity index (χ3n) is 7.32. The smallest absolute Gasteiger partial charge is 0.475 e. The minimum atomic E-state index is -5.08. The summed E-state index contributed by atoms with van der Waals surface area (Å²) in [6, 6.07) is 11.3. The highest BCUT2D eigenvalue weighted by atomic mass is 32.2. The molecule has 1 fully saturated rings. The van der Waals surface area contributed by atoms with Crippen molar-refractivity contribution in [2.45, 2.75) is 81.2 Å². The van der Waals surface area contributed by atoms with E-state index in [-0.39, 0.29) is 47.1 Å². The van der Waals surface area contributed by atoms with Gasteiger partial charge in [-0.2, -0.15) is 26.3 Å². The summed E-state index contributed by atoms with van der Waals surface area (Å²) < 4.78 is 91.4. The van der Waals surface area contributed by atoms with Crippen LogP contribution >= 0.6 is 0 Å². The molecule has 0 aliphatic heterocycles. The van der Waals surface area contributed by atoms with Gasteiger partial charge in [0, 0.05) is 29.4 Å². The van der Waals surface area contributed by atoms with Gasteiger partial charge in [-0.25, -0.2) is 23.0 Å². The van der Waals surface area contributed by atoms with Crippen LogP contribution in [0.5, 0.6) is 0 Å². The zero-order chi connectivity index (χ0) is 41.2. The quantitative estimate of drug-likeness (QED) is 0.0668. The first kappa shape index (κ1) is 44.5. The van der Waals surface area contributed by atoms with Crippen molar-refractivity contribution in [1.82, 2.24) is 14.9 Å². The summed E-state index contributed by atoms with van der Waals surface area (Å²) in [5.41, 5.74) is 13.4. The number of nitrogen functional groups attached to an aromatic ring is 2. The Morgan fingerprint density at radius 1 is 0.981 bits per heavy atom. The topological polar surface area (TPSA) is 261 Å². The van der Waals surface area contributed by atoms with Gasteiger partial charge in [0.1, 0.15) is 12.4 Å². The second-order valence-electron chi connectivity index (χ2n) is 11.9. The van der Waals surface area contributed by atoms with E-state index in [1.54, 1.807) is 30.3 Å². The maximum Gasteiger partial charge on any atom is 0.490 e. The van der Waals surface area contributed by atoms with E-state index in [0.29, 0.717) is 24.0 Å². The molecule has 0 spiro atoms. The lowest BCUT2D eigenvalue weighted by Gasteiger charge is -2.18. The number of carbonyl (C=O) groups excluding carboxylic acids is 1. The Morgan fingerprint density at radius 3 is 1.96 bits per heavy atom. The number of halogens is 6. The molecule has 22 heteroatoms. The number of benzene rings is 2. The number of hydrogen-bond acceptors (Lipinski definition) is 10. The van der Waals surface area contributed by atoms with Crippen LogP contribution in [0.3, 0.4) is 0 Å². The van der Waals surface area contributed by atoms with Gasteiger partial charge in [0.25, 0.3) is 5.56 Å². The Kier molecular flexibility index (Phi) is 15.1. The maximum absolute atomic E-state index is 13.5. The highest BCUT2D eigenvalue weighted by molar-refractivity contribution is 7.92. The fraction of sp³-hybridized carbons (Fsp3) is 0.375. The van der Waals surface area contributed by atoms with E-state index in [2.05, 4.69) is 15.6 Å². The molecule has 0 unspecified atom stereocenters. The van der Waals surface area contributed by atoms with Crippen molar-refractivity contribution >= 4 is 45.0 Å². The van der Waals surface area contributed by atoms with Gasteiger partial charge < -0.3 is 32.3 Å². The Hall–Kier alpha value is -5.67. The number of rotatable bonds is 10. The second-order valence-corrected chi connectivity index (χ2v) is 14.1. The van der Waals surface area contributed by atoms with E-state index < -0.39 is 50.8 Å². The molecule has 15 nitrogen and oxygen atoms in total. The Bertz CT molecular complexity index is 1970. The number of nitrogens with one attached hydrogen (secondary N) is 3.